The van der Waals surface area contributed by atoms with Crippen LogP contribution in [-0.2, 0) is 14.8 Å². The van der Waals surface area contributed by atoms with Gasteiger partial charge in [-0.2, -0.15) is 4.31 Å². The van der Waals surface area contributed by atoms with Gasteiger partial charge < -0.3 is 10.2 Å². The van der Waals surface area contributed by atoms with Gasteiger partial charge in [0, 0.05) is 44.3 Å². The Hall–Kier alpha value is -1.60. The molecule has 0 spiro atoms. The Kier molecular flexibility index (Phi) is 6.98. The average Bonchev–Trinajstić information content (AvgIpc) is 3.34. The molecule has 0 bridgehead atoms. The van der Waals surface area contributed by atoms with Gasteiger partial charge in [-0.25, -0.2) is 8.42 Å². The van der Waals surface area contributed by atoms with Crippen molar-refractivity contribution in [1.82, 2.24) is 9.62 Å². The summed E-state index contributed by atoms with van der Waals surface area (Å²) < 4.78 is 27.0. The molecule has 3 fully saturated rings. The summed E-state index contributed by atoms with van der Waals surface area (Å²) in [5, 5.41) is 3.20. The zero-order valence-electron chi connectivity index (χ0n) is 17.9. The molecule has 3 aliphatic rings. The van der Waals surface area contributed by atoms with Crippen molar-refractivity contribution in [3.8, 4) is 0 Å². The van der Waals surface area contributed by atoms with Crippen LogP contribution in [0.3, 0.4) is 0 Å². The maximum absolute atomic E-state index is 12.7. The molecule has 0 radical (unpaired) electrons. The zero-order chi connectivity index (χ0) is 21.0. The highest BCUT2D eigenvalue weighted by Gasteiger charge is 2.28. The zero-order valence-corrected chi connectivity index (χ0v) is 18.7. The molecule has 2 heterocycles. The van der Waals surface area contributed by atoms with E-state index in [-0.39, 0.29) is 11.8 Å². The summed E-state index contributed by atoms with van der Waals surface area (Å²) in [5.41, 5.74) is 1.08. The summed E-state index contributed by atoms with van der Waals surface area (Å²) in [6.07, 6.45) is 9.76. The number of piperidine rings is 1. The number of sulfonamides is 1. The van der Waals surface area contributed by atoms with Crippen molar-refractivity contribution in [3.05, 3.63) is 24.3 Å². The third kappa shape index (κ3) is 4.99. The van der Waals surface area contributed by atoms with Gasteiger partial charge >= 0.3 is 0 Å². The van der Waals surface area contributed by atoms with Crippen LogP contribution in [0.5, 0.6) is 0 Å². The highest BCUT2D eigenvalue weighted by molar-refractivity contribution is 7.89. The Labute approximate surface area is 181 Å². The maximum Gasteiger partial charge on any atom is 0.243 e. The van der Waals surface area contributed by atoms with Gasteiger partial charge in [-0.05, 0) is 68.7 Å². The van der Waals surface area contributed by atoms with E-state index in [0.29, 0.717) is 23.9 Å². The predicted molar refractivity (Wildman–Crippen MR) is 119 cm³/mol. The van der Waals surface area contributed by atoms with Crippen LogP contribution in [0.1, 0.15) is 57.8 Å². The fourth-order valence-corrected chi connectivity index (χ4v) is 6.57. The van der Waals surface area contributed by atoms with Crippen LogP contribution in [-0.4, -0.2) is 51.4 Å². The lowest BCUT2D eigenvalue weighted by Gasteiger charge is -2.34. The second-order valence-corrected chi connectivity index (χ2v) is 11.1. The van der Waals surface area contributed by atoms with E-state index < -0.39 is 10.0 Å². The molecular formula is C23H35N3O3S. The van der Waals surface area contributed by atoms with Gasteiger partial charge in [0.2, 0.25) is 15.9 Å². The van der Waals surface area contributed by atoms with Gasteiger partial charge in [0.05, 0.1) is 4.90 Å². The van der Waals surface area contributed by atoms with E-state index in [0.717, 1.165) is 63.8 Å². The number of rotatable bonds is 6. The summed E-state index contributed by atoms with van der Waals surface area (Å²) in [6, 6.07) is 7.38. The number of hydrogen-bond acceptors (Lipinski definition) is 4. The molecule has 0 unspecified atom stereocenters. The standard InChI is InChI=1S/C23H35N3O3S/c27-23(20-6-2-1-3-7-20)24-18-19-12-16-25(17-13-19)21-8-10-22(11-9-21)30(28,29)26-14-4-5-15-26/h8-11,19-20H,1-7,12-18H2,(H,24,27). The predicted octanol–water partition coefficient (Wildman–Crippen LogP) is 3.38. The van der Waals surface area contributed by atoms with E-state index in [4.69, 9.17) is 0 Å². The van der Waals surface area contributed by atoms with Crippen molar-refractivity contribution in [2.75, 3.05) is 37.6 Å². The monoisotopic (exact) mass is 433 g/mol. The molecule has 1 aliphatic carbocycles. The first-order chi connectivity index (χ1) is 14.5. The molecule has 7 heteroatoms. The number of anilines is 1. The van der Waals surface area contributed by atoms with Crippen molar-refractivity contribution in [3.63, 3.8) is 0 Å². The normalized spacial score (nSPS) is 22.3. The number of nitrogens with zero attached hydrogens (tertiary/aromatic N) is 2. The second kappa shape index (κ2) is 9.69. The molecule has 1 saturated carbocycles. The first-order valence-electron chi connectivity index (χ1n) is 11.7. The molecule has 2 aliphatic heterocycles. The summed E-state index contributed by atoms with van der Waals surface area (Å²) >= 11 is 0. The van der Waals surface area contributed by atoms with Crippen LogP contribution in [0.4, 0.5) is 5.69 Å². The molecule has 1 aromatic rings. The van der Waals surface area contributed by atoms with Crippen molar-refractivity contribution in [2.24, 2.45) is 11.8 Å². The van der Waals surface area contributed by atoms with E-state index in [1.165, 1.54) is 19.3 Å². The van der Waals surface area contributed by atoms with Crippen molar-refractivity contribution >= 4 is 21.6 Å². The largest absolute Gasteiger partial charge is 0.372 e. The Bertz CT molecular complexity index is 805. The minimum Gasteiger partial charge on any atom is -0.372 e. The molecule has 166 valence electrons. The SMILES string of the molecule is O=C(NCC1CCN(c2ccc(S(=O)(=O)N3CCCC3)cc2)CC1)C1CCCCC1. The van der Waals surface area contributed by atoms with Gasteiger partial charge in [0.1, 0.15) is 0 Å². The highest BCUT2D eigenvalue weighted by atomic mass is 32.2. The molecule has 2 saturated heterocycles. The second-order valence-electron chi connectivity index (χ2n) is 9.12. The van der Waals surface area contributed by atoms with E-state index in [2.05, 4.69) is 10.2 Å². The van der Waals surface area contributed by atoms with Crippen LogP contribution in [0, 0.1) is 11.8 Å². The minimum atomic E-state index is -3.35. The minimum absolute atomic E-state index is 0.231. The number of hydrogen-bond donors (Lipinski definition) is 1. The van der Waals surface area contributed by atoms with Gasteiger partial charge in [0.15, 0.2) is 0 Å². The molecule has 4 rings (SSSR count). The first-order valence-corrected chi connectivity index (χ1v) is 13.1. The van der Waals surface area contributed by atoms with E-state index >= 15 is 0 Å². The van der Waals surface area contributed by atoms with Crippen LogP contribution in [0.25, 0.3) is 0 Å². The Morgan fingerprint density at radius 3 is 2.13 bits per heavy atom. The van der Waals surface area contributed by atoms with Crippen LogP contribution in [0.2, 0.25) is 0 Å². The fraction of sp³-hybridized carbons (Fsp3) is 0.696. The van der Waals surface area contributed by atoms with E-state index in [1.54, 1.807) is 16.4 Å². The van der Waals surface area contributed by atoms with Gasteiger partial charge in [0.25, 0.3) is 0 Å². The quantitative estimate of drug-likeness (QED) is 0.747. The Balaban J connectivity index is 1.25. The molecule has 0 aromatic heterocycles. The smallest absolute Gasteiger partial charge is 0.243 e. The number of nitrogens with one attached hydrogen (secondary N) is 1. The van der Waals surface area contributed by atoms with Crippen LogP contribution < -0.4 is 10.2 Å². The van der Waals surface area contributed by atoms with Crippen molar-refractivity contribution in [2.45, 2.75) is 62.7 Å². The first kappa shape index (κ1) is 21.6. The molecule has 1 amide bonds. The van der Waals surface area contributed by atoms with Gasteiger partial charge in [-0.3, -0.25) is 4.79 Å². The number of carbonyl (C=O) groups is 1. The summed E-state index contributed by atoms with van der Waals surface area (Å²) in [4.78, 5) is 15.1. The Morgan fingerprint density at radius 2 is 1.50 bits per heavy atom. The molecule has 0 atom stereocenters. The number of amides is 1. The lowest BCUT2D eigenvalue weighted by atomic mass is 9.88. The fourth-order valence-electron chi connectivity index (χ4n) is 5.06. The third-order valence-electron chi connectivity index (χ3n) is 7.06. The molecular weight excluding hydrogens is 398 g/mol. The summed E-state index contributed by atoms with van der Waals surface area (Å²) in [5.74, 6) is 1.02. The van der Waals surface area contributed by atoms with Crippen LogP contribution >= 0.6 is 0 Å². The Morgan fingerprint density at radius 1 is 0.867 bits per heavy atom. The lowest BCUT2D eigenvalue weighted by Crippen LogP contribution is -2.40. The highest BCUT2D eigenvalue weighted by Crippen LogP contribution is 2.27. The van der Waals surface area contributed by atoms with Crippen molar-refractivity contribution in [1.29, 1.82) is 0 Å². The van der Waals surface area contributed by atoms with Crippen LogP contribution in [0.15, 0.2) is 29.2 Å². The maximum atomic E-state index is 12.7. The van der Waals surface area contributed by atoms with E-state index in [1.807, 2.05) is 12.1 Å². The molecule has 30 heavy (non-hydrogen) atoms. The lowest BCUT2D eigenvalue weighted by molar-refractivity contribution is -0.126. The molecule has 6 nitrogen and oxygen atoms in total. The number of benzene rings is 1. The summed E-state index contributed by atoms with van der Waals surface area (Å²) in [6.45, 7) is 3.95. The van der Waals surface area contributed by atoms with Gasteiger partial charge in [-0.1, -0.05) is 19.3 Å². The van der Waals surface area contributed by atoms with E-state index in [9.17, 15) is 13.2 Å². The van der Waals surface area contributed by atoms with Gasteiger partial charge in [-0.15, -0.1) is 0 Å². The van der Waals surface area contributed by atoms with Crippen molar-refractivity contribution < 1.29 is 13.2 Å². The third-order valence-corrected chi connectivity index (χ3v) is 8.97. The average molecular weight is 434 g/mol. The summed E-state index contributed by atoms with van der Waals surface area (Å²) in [7, 11) is -3.35. The molecule has 1 aromatic carbocycles. The number of carbonyl (C=O) groups excluding carboxylic acids is 1. The topological polar surface area (TPSA) is 69.7 Å². The molecule has 1 N–H and O–H groups in total.